The first-order chi connectivity index (χ1) is 16.4. The molecule has 1 saturated heterocycles. The van der Waals surface area contributed by atoms with Crippen LogP contribution in [0.4, 0.5) is 10.1 Å². The molecule has 1 aromatic rings. The lowest BCUT2D eigenvalue weighted by atomic mass is 9.89. The van der Waals surface area contributed by atoms with E-state index in [1.165, 1.54) is 25.8 Å². The molecule has 0 spiro atoms. The van der Waals surface area contributed by atoms with Crippen LogP contribution in [0.15, 0.2) is 33.6 Å². The van der Waals surface area contributed by atoms with E-state index in [9.17, 15) is 9.18 Å². The second kappa shape index (κ2) is 10.8. The van der Waals surface area contributed by atoms with Crippen LogP contribution in [-0.2, 0) is 9.63 Å². The van der Waals surface area contributed by atoms with Crippen LogP contribution in [0.5, 0.6) is 0 Å². The first-order valence-electron chi connectivity index (χ1n) is 12.1. The molecule has 2 heterocycles. The van der Waals surface area contributed by atoms with E-state index in [4.69, 9.17) is 10.6 Å². The van der Waals surface area contributed by atoms with Crippen LogP contribution in [-0.4, -0.2) is 67.0 Å². The molecule has 2 unspecified atom stereocenters. The number of nitrogens with two attached hydrogens (primary N) is 1. The minimum atomic E-state index is -0.293. The maximum atomic E-state index is 15.0. The molecule has 1 saturated carbocycles. The summed E-state index contributed by atoms with van der Waals surface area (Å²) in [4.78, 5) is 20.4. The maximum absolute atomic E-state index is 15.0. The number of hydrogen-bond acceptors (Lipinski definition) is 6. The number of amides is 1. The van der Waals surface area contributed by atoms with Crippen molar-refractivity contribution in [3.8, 4) is 0 Å². The van der Waals surface area contributed by atoms with Gasteiger partial charge in [0.2, 0.25) is 11.9 Å². The second-order valence-corrected chi connectivity index (χ2v) is 9.24. The average Bonchev–Trinajstić information content (AvgIpc) is 3.31. The van der Waals surface area contributed by atoms with Gasteiger partial charge in [0.25, 0.3) is 0 Å². The van der Waals surface area contributed by atoms with Crippen molar-refractivity contribution in [3.63, 3.8) is 0 Å². The predicted molar refractivity (Wildman–Crippen MR) is 132 cm³/mol. The highest BCUT2D eigenvalue weighted by atomic mass is 19.1. The van der Waals surface area contributed by atoms with E-state index in [0.29, 0.717) is 68.0 Å². The van der Waals surface area contributed by atoms with Crippen molar-refractivity contribution in [2.24, 2.45) is 27.0 Å². The lowest BCUT2D eigenvalue weighted by molar-refractivity contribution is -0.119. The highest BCUT2D eigenvalue weighted by molar-refractivity contribution is 6.01. The lowest BCUT2D eigenvalue weighted by Gasteiger charge is -2.36. The Hall–Kier alpha value is -3.17. The van der Waals surface area contributed by atoms with Crippen molar-refractivity contribution in [2.45, 2.75) is 52.1 Å². The Labute approximate surface area is 199 Å². The van der Waals surface area contributed by atoms with Gasteiger partial charge >= 0.3 is 0 Å². The SMILES string of the molecule is CC(=O)NCC1CC(c2ccc(N3CCN(/C(N)=N/N=C4CCCCC4C)CC3)c(F)c2)=NO1. The number of nitrogens with one attached hydrogen (secondary N) is 1. The predicted octanol–water partition coefficient (Wildman–Crippen LogP) is 2.46. The van der Waals surface area contributed by atoms with Crippen LogP contribution in [0.25, 0.3) is 0 Å². The summed E-state index contributed by atoms with van der Waals surface area (Å²) in [7, 11) is 0. The first-order valence-corrected chi connectivity index (χ1v) is 12.1. The number of hydrogen-bond donors (Lipinski definition) is 2. The van der Waals surface area contributed by atoms with Crippen molar-refractivity contribution in [2.75, 3.05) is 37.6 Å². The zero-order valence-electron chi connectivity index (χ0n) is 20.0. The number of piperazine rings is 1. The van der Waals surface area contributed by atoms with E-state index in [1.54, 1.807) is 6.07 Å². The third-order valence-electron chi connectivity index (χ3n) is 6.71. The van der Waals surface area contributed by atoms with Gasteiger partial charge in [-0.15, -0.1) is 5.10 Å². The van der Waals surface area contributed by atoms with E-state index in [1.807, 2.05) is 15.9 Å². The van der Waals surface area contributed by atoms with Gasteiger partial charge in [0.1, 0.15) is 11.9 Å². The van der Waals surface area contributed by atoms with Crippen molar-refractivity contribution in [1.82, 2.24) is 10.2 Å². The van der Waals surface area contributed by atoms with Crippen LogP contribution < -0.4 is 16.0 Å². The number of carbonyl (C=O) groups excluding carboxylic acids is 1. The molecule has 0 bridgehead atoms. The van der Waals surface area contributed by atoms with Gasteiger partial charge in [0.05, 0.1) is 17.9 Å². The summed E-state index contributed by atoms with van der Waals surface area (Å²) in [6.07, 6.45) is 4.87. The number of anilines is 1. The summed E-state index contributed by atoms with van der Waals surface area (Å²) in [6, 6.07) is 5.16. The van der Waals surface area contributed by atoms with Gasteiger partial charge in [0, 0.05) is 50.8 Å². The Kier molecular flexibility index (Phi) is 7.64. The molecule has 1 amide bonds. The third kappa shape index (κ3) is 5.84. The normalized spacial score (nSPS) is 24.7. The van der Waals surface area contributed by atoms with Crippen molar-refractivity contribution < 1.29 is 14.0 Å². The maximum Gasteiger partial charge on any atom is 0.217 e. The average molecular weight is 472 g/mol. The summed E-state index contributed by atoms with van der Waals surface area (Å²) in [5, 5.41) is 15.5. The largest absolute Gasteiger partial charge is 0.390 e. The second-order valence-electron chi connectivity index (χ2n) is 9.24. The molecule has 2 atom stereocenters. The molecule has 184 valence electrons. The summed E-state index contributed by atoms with van der Waals surface area (Å²) < 4.78 is 15.0. The number of benzene rings is 1. The number of rotatable bonds is 5. The fraction of sp³-hybridized carbons (Fsp3) is 0.583. The molecule has 34 heavy (non-hydrogen) atoms. The molecule has 2 fully saturated rings. The van der Waals surface area contributed by atoms with Gasteiger partial charge in [0.15, 0.2) is 0 Å². The zero-order valence-corrected chi connectivity index (χ0v) is 20.0. The Morgan fingerprint density at radius 1 is 1.29 bits per heavy atom. The molecule has 10 heteroatoms. The summed E-state index contributed by atoms with van der Waals surface area (Å²) in [5.41, 5.74) is 9.26. The molecule has 0 aromatic heterocycles. The standard InChI is InChI=1S/C24H34FN7O2/c1-16-5-3-4-6-21(16)28-29-24(26)32-11-9-31(10-12-32)23-8-7-18(13-20(23)25)22-14-19(34-30-22)15-27-17(2)33/h7-8,13,16,19H,3-6,9-12,14-15H2,1-2H3,(H2,26,29)(H,27,33). The Morgan fingerprint density at radius 2 is 2.09 bits per heavy atom. The Balaban J connectivity index is 1.32. The zero-order chi connectivity index (χ0) is 24.1. The van der Waals surface area contributed by atoms with E-state index < -0.39 is 0 Å². The highest BCUT2D eigenvalue weighted by Crippen LogP contribution is 2.25. The third-order valence-corrected chi connectivity index (χ3v) is 6.71. The van der Waals surface area contributed by atoms with Crippen molar-refractivity contribution in [3.05, 3.63) is 29.6 Å². The molecular weight excluding hydrogens is 437 g/mol. The summed E-state index contributed by atoms with van der Waals surface area (Å²) >= 11 is 0. The smallest absolute Gasteiger partial charge is 0.217 e. The van der Waals surface area contributed by atoms with Crippen LogP contribution in [0.3, 0.4) is 0 Å². The lowest BCUT2D eigenvalue weighted by Crippen LogP contribution is -2.51. The van der Waals surface area contributed by atoms with Crippen LogP contribution >= 0.6 is 0 Å². The topological polar surface area (TPSA) is 108 Å². The van der Waals surface area contributed by atoms with E-state index in [0.717, 1.165) is 18.6 Å². The van der Waals surface area contributed by atoms with E-state index >= 15 is 0 Å². The molecule has 1 aromatic carbocycles. The number of guanidine groups is 1. The number of nitrogens with zero attached hydrogens (tertiary/aromatic N) is 5. The summed E-state index contributed by atoms with van der Waals surface area (Å²) in [6.45, 7) is 6.62. The highest BCUT2D eigenvalue weighted by Gasteiger charge is 2.25. The number of halogens is 1. The Bertz CT molecular complexity index is 986. The monoisotopic (exact) mass is 471 g/mol. The molecule has 3 aliphatic rings. The molecule has 2 aliphatic heterocycles. The quantitative estimate of drug-likeness (QED) is 0.390. The van der Waals surface area contributed by atoms with Crippen LogP contribution in [0.1, 0.15) is 51.5 Å². The van der Waals surface area contributed by atoms with Gasteiger partial charge in [-0.25, -0.2) is 4.39 Å². The summed E-state index contributed by atoms with van der Waals surface area (Å²) in [5.74, 6) is 0.484. The van der Waals surface area contributed by atoms with Crippen LogP contribution in [0, 0.1) is 11.7 Å². The fourth-order valence-corrected chi connectivity index (χ4v) is 4.58. The minimum Gasteiger partial charge on any atom is -0.390 e. The van der Waals surface area contributed by atoms with Gasteiger partial charge in [-0.05, 0) is 37.3 Å². The van der Waals surface area contributed by atoms with E-state index in [2.05, 4.69) is 27.6 Å². The van der Waals surface area contributed by atoms with Gasteiger partial charge < -0.3 is 25.7 Å². The van der Waals surface area contributed by atoms with Gasteiger partial charge in [-0.2, -0.15) is 5.10 Å². The molecular formula is C24H34FN7O2. The Morgan fingerprint density at radius 3 is 2.79 bits per heavy atom. The molecule has 1 aliphatic carbocycles. The minimum absolute atomic E-state index is 0.118. The van der Waals surface area contributed by atoms with Gasteiger partial charge in [-0.1, -0.05) is 24.6 Å². The first kappa shape index (κ1) is 24.0. The molecule has 3 N–H and O–H groups in total. The fourth-order valence-electron chi connectivity index (χ4n) is 4.58. The van der Waals surface area contributed by atoms with Crippen LogP contribution in [0.2, 0.25) is 0 Å². The molecule has 0 radical (unpaired) electrons. The van der Waals surface area contributed by atoms with E-state index in [-0.39, 0.29) is 17.8 Å². The van der Waals surface area contributed by atoms with Crippen molar-refractivity contribution >= 4 is 29.0 Å². The van der Waals surface area contributed by atoms with Crippen molar-refractivity contribution in [1.29, 1.82) is 0 Å². The van der Waals surface area contributed by atoms with Gasteiger partial charge in [-0.3, -0.25) is 4.79 Å². The molecule has 4 rings (SSSR count). The number of carbonyl (C=O) groups is 1. The molecule has 9 nitrogen and oxygen atoms in total. The number of oxime groups is 1.